The summed E-state index contributed by atoms with van der Waals surface area (Å²) in [6, 6.07) is 3.61. The van der Waals surface area contributed by atoms with Gasteiger partial charge >= 0.3 is 5.69 Å². The van der Waals surface area contributed by atoms with Gasteiger partial charge in [0.15, 0.2) is 0 Å². The number of hydrogen-bond donors (Lipinski definition) is 0. The largest absolute Gasteiger partial charge is 0.328 e. The minimum Gasteiger partial charge on any atom is -0.306 e. The molecule has 0 aromatic heterocycles. The fourth-order valence-corrected chi connectivity index (χ4v) is 2.19. The number of anilines is 1. The predicted molar refractivity (Wildman–Crippen MR) is 67.5 cm³/mol. The van der Waals surface area contributed by atoms with Gasteiger partial charge in [-0.1, -0.05) is 11.2 Å². The first-order valence-corrected chi connectivity index (χ1v) is 5.78. The molecule has 1 aliphatic rings. The molecule has 1 aliphatic heterocycles. The fraction of sp³-hybridized carbons (Fsp3) is 0.364. The summed E-state index contributed by atoms with van der Waals surface area (Å²) in [5.41, 5.74) is 7.47. The van der Waals surface area contributed by atoms with E-state index in [2.05, 4.69) is 10.0 Å². The van der Waals surface area contributed by atoms with Crippen LogP contribution in [0.15, 0.2) is 23.3 Å². The van der Waals surface area contributed by atoms with Crippen LogP contribution in [0.3, 0.4) is 0 Å². The number of hydrogen-bond acceptors (Lipinski definition) is 4. The molecule has 1 aromatic rings. The van der Waals surface area contributed by atoms with E-state index in [1.54, 1.807) is 0 Å². The van der Waals surface area contributed by atoms with Crippen LogP contribution in [-0.4, -0.2) is 23.9 Å². The second-order valence-corrected chi connectivity index (χ2v) is 4.35. The molecular weight excluding hydrogens is 269 g/mol. The lowest BCUT2D eigenvalue weighted by Crippen LogP contribution is -2.25. The van der Waals surface area contributed by atoms with Gasteiger partial charge in [-0.25, -0.2) is 0 Å². The molecule has 1 heterocycles. The predicted octanol–water partition coefficient (Wildman–Crippen LogP) is 2.40. The van der Waals surface area contributed by atoms with Crippen molar-refractivity contribution in [2.24, 2.45) is 11.0 Å². The maximum Gasteiger partial charge on any atom is 0.328 e. The molecule has 1 amide bonds. The van der Waals surface area contributed by atoms with Gasteiger partial charge in [0.05, 0.1) is 4.92 Å². The molecule has 8 nitrogen and oxygen atoms in total. The Bertz CT molecular complexity index is 614. The standard InChI is InChI=1S/C11H10FN5O3/c12-8-2-1-3-9(11(8)17(19)20)16-6-7(4-10(16)18)5-14-15-13/h1-3,7H,4-6H2. The molecule has 1 saturated heterocycles. The van der Waals surface area contributed by atoms with E-state index in [0.29, 0.717) is 0 Å². The highest BCUT2D eigenvalue weighted by atomic mass is 19.1. The summed E-state index contributed by atoms with van der Waals surface area (Å²) < 4.78 is 13.5. The molecule has 0 radical (unpaired) electrons. The molecule has 0 bridgehead atoms. The summed E-state index contributed by atoms with van der Waals surface area (Å²) in [6.07, 6.45) is 0.118. The van der Waals surface area contributed by atoms with Gasteiger partial charge < -0.3 is 4.90 Å². The zero-order valence-corrected chi connectivity index (χ0v) is 10.3. The number of amides is 1. The molecule has 1 atom stereocenters. The van der Waals surface area contributed by atoms with E-state index in [9.17, 15) is 19.3 Å². The Hall–Kier alpha value is -2.67. The number of rotatable bonds is 4. The number of benzene rings is 1. The maximum atomic E-state index is 13.5. The average molecular weight is 279 g/mol. The molecule has 0 spiro atoms. The van der Waals surface area contributed by atoms with Crippen LogP contribution in [0, 0.1) is 21.8 Å². The third kappa shape index (κ3) is 2.52. The number of nitro benzene ring substituents is 1. The van der Waals surface area contributed by atoms with E-state index in [0.717, 1.165) is 6.07 Å². The number of carbonyl (C=O) groups excluding carboxylic acids is 1. The molecule has 9 heteroatoms. The molecule has 1 aromatic carbocycles. The van der Waals surface area contributed by atoms with Gasteiger partial charge in [0.2, 0.25) is 11.7 Å². The summed E-state index contributed by atoms with van der Waals surface area (Å²) >= 11 is 0. The number of azide groups is 1. The van der Waals surface area contributed by atoms with E-state index in [1.165, 1.54) is 17.0 Å². The summed E-state index contributed by atoms with van der Waals surface area (Å²) in [5.74, 6) is -1.56. The van der Waals surface area contributed by atoms with Crippen molar-refractivity contribution in [3.8, 4) is 0 Å². The van der Waals surface area contributed by atoms with Crippen molar-refractivity contribution >= 4 is 17.3 Å². The van der Waals surface area contributed by atoms with Crippen molar-refractivity contribution in [1.82, 2.24) is 0 Å². The van der Waals surface area contributed by atoms with Gasteiger partial charge in [-0.2, -0.15) is 4.39 Å². The molecule has 0 N–H and O–H groups in total. The Balaban J connectivity index is 2.33. The topological polar surface area (TPSA) is 112 Å². The minimum atomic E-state index is -0.987. The number of para-hydroxylation sites is 1. The Morgan fingerprint density at radius 3 is 3.00 bits per heavy atom. The van der Waals surface area contributed by atoms with Crippen molar-refractivity contribution in [3.63, 3.8) is 0 Å². The molecule has 20 heavy (non-hydrogen) atoms. The van der Waals surface area contributed by atoms with Crippen LogP contribution in [-0.2, 0) is 4.79 Å². The Kier molecular flexibility index (Phi) is 3.81. The highest BCUT2D eigenvalue weighted by molar-refractivity contribution is 5.97. The second-order valence-electron chi connectivity index (χ2n) is 4.35. The lowest BCUT2D eigenvalue weighted by Gasteiger charge is -2.16. The van der Waals surface area contributed by atoms with Crippen molar-refractivity contribution in [2.75, 3.05) is 18.0 Å². The first kappa shape index (κ1) is 13.8. The highest BCUT2D eigenvalue weighted by Crippen LogP contribution is 2.34. The molecule has 1 unspecified atom stereocenters. The Morgan fingerprint density at radius 2 is 2.35 bits per heavy atom. The quantitative estimate of drug-likeness (QED) is 0.277. The first-order valence-electron chi connectivity index (χ1n) is 5.78. The summed E-state index contributed by atoms with van der Waals surface area (Å²) in [6.45, 7) is 0.296. The van der Waals surface area contributed by atoms with Crippen molar-refractivity contribution in [2.45, 2.75) is 6.42 Å². The van der Waals surface area contributed by atoms with Crippen LogP contribution in [0.25, 0.3) is 10.4 Å². The van der Waals surface area contributed by atoms with Gasteiger partial charge in [-0.3, -0.25) is 14.9 Å². The zero-order chi connectivity index (χ0) is 14.7. The van der Waals surface area contributed by atoms with Gasteiger partial charge in [0.25, 0.3) is 0 Å². The maximum absolute atomic E-state index is 13.5. The van der Waals surface area contributed by atoms with E-state index in [-0.39, 0.29) is 37.0 Å². The molecule has 1 fully saturated rings. The normalized spacial score (nSPS) is 17.9. The van der Waals surface area contributed by atoms with Crippen LogP contribution >= 0.6 is 0 Å². The van der Waals surface area contributed by atoms with E-state index < -0.39 is 16.4 Å². The van der Waals surface area contributed by atoms with E-state index >= 15 is 0 Å². The molecule has 104 valence electrons. The third-order valence-corrected chi connectivity index (χ3v) is 3.05. The Labute approximate surface area is 112 Å². The molecule has 0 aliphatic carbocycles. The molecule has 0 saturated carbocycles. The van der Waals surface area contributed by atoms with Crippen molar-refractivity contribution < 1.29 is 14.1 Å². The lowest BCUT2D eigenvalue weighted by atomic mass is 10.1. The number of carbonyl (C=O) groups is 1. The van der Waals surface area contributed by atoms with Gasteiger partial charge in [-0.15, -0.1) is 0 Å². The van der Waals surface area contributed by atoms with Crippen LogP contribution in [0.1, 0.15) is 6.42 Å². The number of nitro groups is 1. The first-order chi connectivity index (χ1) is 9.54. The van der Waals surface area contributed by atoms with Crippen molar-refractivity contribution in [3.05, 3.63) is 44.6 Å². The zero-order valence-electron chi connectivity index (χ0n) is 10.3. The Morgan fingerprint density at radius 1 is 1.60 bits per heavy atom. The van der Waals surface area contributed by atoms with Gasteiger partial charge in [-0.05, 0) is 23.6 Å². The molecule has 2 rings (SSSR count). The van der Waals surface area contributed by atoms with Crippen LogP contribution in [0.4, 0.5) is 15.8 Å². The van der Waals surface area contributed by atoms with Crippen LogP contribution < -0.4 is 4.90 Å². The van der Waals surface area contributed by atoms with Crippen LogP contribution in [0.5, 0.6) is 0 Å². The second kappa shape index (κ2) is 5.54. The lowest BCUT2D eigenvalue weighted by molar-refractivity contribution is -0.386. The smallest absolute Gasteiger partial charge is 0.306 e. The SMILES string of the molecule is [N-]=[N+]=NCC1CC(=O)N(c2cccc(F)c2[N+](=O)[O-])C1. The molecular formula is C11H10FN5O3. The summed E-state index contributed by atoms with van der Waals surface area (Å²) in [4.78, 5) is 25.7. The summed E-state index contributed by atoms with van der Waals surface area (Å²) in [5, 5.41) is 14.3. The fourth-order valence-electron chi connectivity index (χ4n) is 2.19. The third-order valence-electron chi connectivity index (χ3n) is 3.05. The number of nitrogens with zero attached hydrogens (tertiary/aromatic N) is 5. The van der Waals surface area contributed by atoms with E-state index in [1.807, 2.05) is 0 Å². The monoisotopic (exact) mass is 279 g/mol. The van der Waals surface area contributed by atoms with Gasteiger partial charge in [0.1, 0.15) is 5.69 Å². The van der Waals surface area contributed by atoms with E-state index in [4.69, 9.17) is 5.53 Å². The average Bonchev–Trinajstić information content (AvgIpc) is 2.76. The van der Waals surface area contributed by atoms with Crippen LogP contribution in [0.2, 0.25) is 0 Å². The van der Waals surface area contributed by atoms with Crippen molar-refractivity contribution in [1.29, 1.82) is 0 Å². The summed E-state index contributed by atoms with van der Waals surface area (Å²) in [7, 11) is 0. The number of halogens is 1. The van der Waals surface area contributed by atoms with Gasteiger partial charge in [0, 0.05) is 24.4 Å². The minimum absolute atomic E-state index is 0.0663. The highest BCUT2D eigenvalue weighted by Gasteiger charge is 2.35.